The van der Waals surface area contributed by atoms with Crippen molar-refractivity contribution in [2.75, 3.05) is 13.1 Å². The Bertz CT molecular complexity index is 809. The number of hydrogen-bond acceptors (Lipinski definition) is 5. The molecule has 2 aromatic heterocycles. The summed E-state index contributed by atoms with van der Waals surface area (Å²) < 4.78 is 5.46. The number of rotatable bonds is 4. The van der Waals surface area contributed by atoms with Crippen LogP contribution in [0.25, 0.3) is 11.0 Å². The number of benzene rings is 1. The Kier molecular flexibility index (Phi) is 3.36. The number of likely N-dealkylation sites (tertiary alicyclic amines) is 1. The molecule has 3 heterocycles. The highest BCUT2D eigenvalue weighted by molar-refractivity contribution is 5.74. The second kappa shape index (κ2) is 5.70. The molecule has 124 valence electrons. The zero-order valence-corrected chi connectivity index (χ0v) is 13.6. The summed E-state index contributed by atoms with van der Waals surface area (Å²) in [6.07, 6.45) is 4.96. The molecule has 0 atom stereocenters. The lowest BCUT2D eigenvalue weighted by molar-refractivity contribution is 0.130. The summed E-state index contributed by atoms with van der Waals surface area (Å²) in [5.41, 5.74) is 2.16. The highest BCUT2D eigenvalue weighted by Gasteiger charge is 2.32. The minimum atomic E-state index is 0.471. The molecule has 3 aromatic rings. The van der Waals surface area contributed by atoms with Crippen molar-refractivity contribution in [3.8, 4) is 0 Å². The average Bonchev–Trinajstić information content (AvgIpc) is 3.28. The second-order valence-electron chi connectivity index (χ2n) is 7.06. The number of nitrogens with zero attached hydrogens (tertiary/aromatic N) is 4. The Labute approximate surface area is 140 Å². The first-order chi connectivity index (χ1) is 11.8. The van der Waals surface area contributed by atoms with Gasteiger partial charge in [0.05, 0.1) is 17.6 Å². The van der Waals surface area contributed by atoms with E-state index >= 15 is 0 Å². The monoisotopic (exact) mass is 323 g/mol. The summed E-state index contributed by atoms with van der Waals surface area (Å²) >= 11 is 0. The quantitative estimate of drug-likeness (QED) is 0.798. The van der Waals surface area contributed by atoms with Gasteiger partial charge in [-0.3, -0.25) is 4.90 Å². The van der Waals surface area contributed by atoms with Gasteiger partial charge in [-0.1, -0.05) is 30.1 Å². The molecular weight excluding hydrogens is 302 g/mol. The number of hydrogen-bond donors (Lipinski definition) is 1. The number of aromatic nitrogens is 4. The Morgan fingerprint density at radius 1 is 1.08 bits per heavy atom. The van der Waals surface area contributed by atoms with Gasteiger partial charge in [0.2, 0.25) is 5.89 Å². The third-order valence-electron chi connectivity index (χ3n) is 5.30. The van der Waals surface area contributed by atoms with E-state index in [1.807, 2.05) is 12.1 Å². The molecule has 0 bridgehead atoms. The van der Waals surface area contributed by atoms with Crippen LogP contribution in [0.5, 0.6) is 0 Å². The van der Waals surface area contributed by atoms with Gasteiger partial charge >= 0.3 is 0 Å². The molecule has 2 fully saturated rings. The number of para-hydroxylation sites is 2. The van der Waals surface area contributed by atoms with Crippen molar-refractivity contribution >= 4 is 11.0 Å². The maximum absolute atomic E-state index is 5.46. The van der Waals surface area contributed by atoms with Crippen LogP contribution in [0.1, 0.15) is 55.1 Å². The standard InChI is InChI=1S/C18H21N5O/c1-2-6-12(5-1)18-21-16(22-24-18)11-23-9-13(10-23)17-19-14-7-3-4-8-15(14)20-17/h3-4,7-8,12-13H,1-2,5-6,9-11H2,(H,19,20). The number of H-pyrrole nitrogens is 1. The molecule has 1 saturated heterocycles. The van der Waals surface area contributed by atoms with Crippen molar-refractivity contribution < 1.29 is 4.52 Å². The van der Waals surface area contributed by atoms with E-state index in [4.69, 9.17) is 9.51 Å². The van der Waals surface area contributed by atoms with Crippen molar-refractivity contribution in [1.82, 2.24) is 25.0 Å². The van der Waals surface area contributed by atoms with Crippen LogP contribution in [0.2, 0.25) is 0 Å². The van der Waals surface area contributed by atoms with Crippen molar-refractivity contribution in [1.29, 1.82) is 0 Å². The largest absolute Gasteiger partial charge is 0.342 e. The first kappa shape index (κ1) is 14.2. The second-order valence-corrected chi connectivity index (χ2v) is 7.06. The van der Waals surface area contributed by atoms with Crippen LogP contribution in [-0.4, -0.2) is 38.1 Å². The summed E-state index contributed by atoms with van der Waals surface area (Å²) in [5, 5.41) is 4.16. The summed E-state index contributed by atoms with van der Waals surface area (Å²) in [7, 11) is 0. The Balaban J connectivity index is 1.20. The summed E-state index contributed by atoms with van der Waals surface area (Å²) in [6.45, 7) is 2.76. The average molecular weight is 323 g/mol. The van der Waals surface area contributed by atoms with E-state index in [0.29, 0.717) is 11.8 Å². The van der Waals surface area contributed by atoms with E-state index < -0.39 is 0 Å². The molecule has 5 rings (SSSR count). The minimum Gasteiger partial charge on any atom is -0.342 e. The SMILES string of the molecule is c1ccc2[nH]c(C3CN(Cc4noc(C5CCCC5)n4)C3)nc2c1. The van der Waals surface area contributed by atoms with E-state index in [0.717, 1.165) is 48.2 Å². The lowest BCUT2D eigenvalue weighted by atomic mass is 9.99. The predicted molar refractivity (Wildman–Crippen MR) is 89.6 cm³/mol. The lowest BCUT2D eigenvalue weighted by Crippen LogP contribution is -2.44. The third-order valence-corrected chi connectivity index (χ3v) is 5.30. The summed E-state index contributed by atoms with van der Waals surface area (Å²) in [5.74, 6) is 3.72. The number of imidazole rings is 1. The van der Waals surface area contributed by atoms with Gasteiger partial charge < -0.3 is 9.51 Å². The predicted octanol–water partition coefficient (Wildman–Crippen LogP) is 3.20. The molecule has 6 nitrogen and oxygen atoms in total. The first-order valence-electron chi connectivity index (χ1n) is 8.84. The van der Waals surface area contributed by atoms with Crippen molar-refractivity contribution in [2.24, 2.45) is 0 Å². The Hall–Kier alpha value is -2.21. The Morgan fingerprint density at radius 3 is 2.75 bits per heavy atom. The third kappa shape index (κ3) is 2.51. The maximum Gasteiger partial charge on any atom is 0.229 e. The Morgan fingerprint density at radius 2 is 1.92 bits per heavy atom. The van der Waals surface area contributed by atoms with Gasteiger partial charge in [-0.05, 0) is 25.0 Å². The summed E-state index contributed by atoms with van der Waals surface area (Å²) in [6, 6.07) is 8.19. The molecule has 6 heteroatoms. The highest BCUT2D eigenvalue weighted by Crippen LogP contribution is 2.33. The van der Waals surface area contributed by atoms with E-state index in [1.165, 1.54) is 25.7 Å². The van der Waals surface area contributed by atoms with Crippen molar-refractivity contribution in [3.63, 3.8) is 0 Å². The van der Waals surface area contributed by atoms with Gasteiger partial charge in [-0.2, -0.15) is 4.98 Å². The van der Waals surface area contributed by atoms with E-state index in [-0.39, 0.29) is 0 Å². The molecule has 1 aliphatic heterocycles. The van der Waals surface area contributed by atoms with Gasteiger partial charge in [-0.15, -0.1) is 0 Å². The molecule has 0 spiro atoms. The zero-order valence-electron chi connectivity index (χ0n) is 13.6. The minimum absolute atomic E-state index is 0.471. The molecule has 0 amide bonds. The molecule has 24 heavy (non-hydrogen) atoms. The lowest BCUT2D eigenvalue weighted by Gasteiger charge is -2.37. The molecule has 1 aromatic carbocycles. The fourth-order valence-electron chi connectivity index (χ4n) is 3.91. The van der Waals surface area contributed by atoms with E-state index in [2.05, 4.69) is 32.2 Å². The van der Waals surface area contributed by atoms with Gasteiger partial charge in [0, 0.05) is 24.9 Å². The molecule has 1 N–H and O–H groups in total. The van der Waals surface area contributed by atoms with Crippen molar-refractivity contribution in [3.05, 3.63) is 41.8 Å². The topological polar surface area (TPSA) is 70.8 Å². The van der Waals surface area contributed by atoms with Crippen molar-refractivity contribution in [2.45, 2.75) is 44.1 Å². The van der Waals surface area contributed by atoms with Crippen LogP contribution in [0, 0.1) is 0 Å². The van der Waals surface area contributed by atoms with Gasteiger partial charge in [0.1, 0.15) is 5.82 Å². The van der Waals surface area contributed by atoms with Gasteiger partial charge in [-0.25, -0.2) is 4.98 Å². The number of nitrogens with one attached hydrogen (secondary N) is 1. The molecule has 1 saturated carbocycles. The fourth-order valence-corrected chi connectivity index (χ4v) is 3.91. The van der Waals surface area contributed by atoms with Crippen LogP contribution >= 0.6 is 0 Å². The van der Waals surface area contributed by atoms with Crippen LogP contribution in [0.3, 0.4) is 0 Å². The van der Waals surface area contributed by atoms with Gasteiger partial charge in [0.15, 0.2) is 5.82 Å². The number of fused-ring (bicyclic) bond motifs is 1. The molecule has 1 aliphatic carbocycles. The summed E-state index contributed by atoms with van der Waals surface area (Å²) in [4.78, 5) is 15.1. The van der Waals surface area contributed by atoms with E-state index in [1.54, 1.807) is 0 Å². The molecule has 0 unspecified atom stereocenters. The maximum atomic E-state index is 5.46. The van der Waals surface area contributed by atoms with Crippen LogP contribution < -0.4 is 0 Å². The normalized spacial score (nSPS) is 20.0. The van der Waals surface area contributed by atoms with E-state index in [9.17, 15) is 0 Å². The molecular formula is C18H21N5O. The highest BCUT2D eigenvalue weighted by atomic mass is 16.5. The van der Waals surface area contributed by atoms with Crippen LogP contribution in [0.15, 0.2) is 28.8 Å². The smallest absolute Gasteiger partial charge is 0.229 e. The van der Waals surface area contributed by atoms with Crippen LogP contribution in [0.4, 0.5) is 0 Å². The molecule has 2 aliphatic rings. The zero-order chi connectivity index (χ0) is 15.9. The molecule has 0 radical (unpaired) electrons. The number of aromatic amines is 1. The van der Waals surface area contributed by atoms with Crippen LogP contribution in [-0.2, 0) is 6.54 Å². The first-order valence-corrected chi connectivity index (χ1v) is 8.84. The van der Waals surface area contributed by atoms with Gasteiger partial charge in [0.25, 0.3) is 0 Å². The fraction of sp³-hybridized carbons (Fsp3) is 0.500.